The average molecular weight is 180 g/mol. The summed E-state index contributed by atoms with van der Waals surface area (Å²) in [6, 6.07) is 0. The van der Waals surface area contributed by atoms with Crippen molar-refractivity contribution < 1.29 is 30.2 Å². The highest BCUT2D eigenvalue weighted by Crippen LogP contribution is 2.16. The summed E-state index contributed by atoms with van der Waals surface area (Å²) in [5, 5.41) is 35.3. The Bertz CT molecular complexity index is 124. The zero-order valence-corrected chi connectivity index (χ0v) is 6.33. The topological polar surface area (TPSA) is 99.4 Å². The van der Waals surface area contributed by atoms with Gasteiger partial charge in [-0.15, -0.1) is 0 Å². The molecule has 0 spiro atoms. The molecule has 0 saturated carbocycles. The average Bonchev–Trinajstić information content (AvgIpc) is 2.10. The lowest BCUT2D eigenvalue weighted by atomic mass is 10.0. The van der Waals surface area contributed by atoms with Crippen LogP contribution in [-0.4, -0.2) is 58.2 Å². The van der Waals surface area contributed by atoms with Crippen LogP contribution < -0.4 is 0 Å². The highest BCUT2D eigenvalue weighted by molar-refractivity contribution is 4.86. The molecule has 1 aliphatic rings. The molecule has 0 aromatic rings. The van der Waals surface area contributed by atoms with Gasteiger partial charge in [0.2, 0.25) is 0 Å². The van der Waals surface area contributed by atoms with Crippen LogP contribution in [-0.2, 0) is 9.62 Å². The van der Waals surface area contributed by atoms with Gasteiger partial charge in [0.05, 0.1) is 13.2 Å². The fourth-order valence-corrected chi connectivity index (χ4v) is 1.11. The van der Waals surface area contributed by atoms with E-state index in [1.807, 2.05) is 0 Å². The Labute approximate surface area is 68.9 Å². The van der Waals surface area contributed by atoms with E-state index < -0.39 is 24.4 Å². The number of aliphatic hydroxyl groups excluding tert-OH is 3. The van der Waals surface area contributed by atoms with Gasteiger partial charge >= 0.3 is 0 Å². The number of hydrogen-bond acceptors (Lipinski definition) is 6. The van der Waals surface area contributed by atoms with Crippen LogP contribution in [0.1, 0.15) is 0 Å². The lowest BCUT2D eigenvalue weighted by molar-refractivity contribution is -0.333. The van der Waals surface area contributed by atoms with E-state index in [-0.39, 0.29) is 13.2 Å². The molecule has 6 heteroatoms. The van der Waals surface area contributed by atoms with Crippen molar-refractivity contribution in [2.24, 2.45) is 0 Å². The molecule has 1 saturated heterocycles. The van der Waals surface area contributed by atoms with E-state index >= 15 is 0 Å². The fourth-order valence-electron chi connectivity index (χ4n) is 1.11. The molecule has 0 amide bonds. The van der Waals surface area contributed by atoms with Crippen LogP contribution >= 0.6 is 0 Å². The smallest absolute Gasteiger partial charge is 0.144 e. The van der Waals surface area contributed by atoms with E-state index in [4.69, 9.17) is 15.1 Å². The molecule has 1 rings (SSSR count). The van der Waals surface area contributed by atoms with Gasteiger partial charge in [-0.25, -0.2) is 4.89 Å². The zero-order valence-electron chi connectivity index (χ0n) is 6.33. The molecule has 4 unspecified atom stereocenters. The van der Waals surface area contributed by atoms with E-state index in [1.165, 1.54) is 0 Å². The van der Waals surface area contributed by atoms with Crippen LogP contribution in [0.5, 0.6) is 0 Å². The van der Waals surface area contributed by atoms with Gasteiger partial charge in [0.15, 0.2) is 0 Å². The molecular formula is C6H12O6. The minimum absolute atomic E-state index is 0.0556. The van der Waals surface area contributed by atoms with E-state index in [1.54, 1.807) is 0 Å². The monoisotopic (exact) mass is 180 g/mol. The van der Waals surface area contributed by atoms with E-state index in [0.29, 0.717) is 0 Å². The van der Waals surface area contributed by atoms with Crippen LogP contribution in [0.4, 0.5) is 0 Å². The summed E-state index contributed by atoms with van der Waals surface area (Å²) < 4.78 is 4.87. The van der Waals surface area contributed by atoms with Gasteiger partial charge in [-0.2, -0.15) is 0 Å². The van der Waals surface area contributed by atoms with Gasteiger partial charge in [-0.1, -0.05) is 0 Å². The molecule has 1 aliphatic heterocycles. The van der Waals surface area contributed by atoms with Crippen LogP contribution in [0, 0.1) is 0 Å². The van der Waals surface area contributed by atoms with Gasteiger partial charge in [-0.3, -0.25) is 5.26 Å². The highest BCUT2D eigenvalue weighted by atomic mass is 17.1. The lowest BCUT2D eigenvalue weighted by Crippen LogP contribution is -2.54. The van der Waals surface area contributed by atoms with E-state index in [2.05, 4.69) is 4.89 Å². The third-order valence-electron chi connectivity index (χ3n) is 1.90. The third-order valence-corrected chi connectivity index (χ3v) is 1.90. The van der Waals surface area contributed by atoms with Crippen molar-refractivity contribution in [2.45, 2.75) is 24.4 Å². The highest BCUT2D eigenvalue weighted by Gasteiger charge is 2.38. The van der Waals surface area contributed by atoms with Crippen molar-refractivity contribution in [1.29, 1.82) is 0 Å². The normalized spacial score (nSPS) is 43.0. The third kappa shape index (κ3) is 1.74. The minimum Gasteiger partial charge on any atom is -0.394 e. The first-order chi connectivity index (χ1) is 5.70. The Hall–Kier alpha value is -0.240. The van der Waals surface area contributed by atoms with Crippen molar-refractivity contribution in [3.05, 3.63) is 0 Å². The molecule has 4 atom stereocenters. The molecule has 1 fully saturated rings. The molecule has 4 N–H and O–H groups in total. The first-order valence-electron chi connectivity index (χ1n) is 3.59. The van der Waals surface area contributed by atoms with Gasteiger partial charge in [0.1, 0.15) is 24.4 Å². The maximum Gasteiger partial charge on any atom is 0.144 e. The summed E-state index contributed by atoms with van der Waals surface area (Å²) in [6.07, 6.45) is -4.24. The Morgan fingerprint density at radius 1 is 1.33 bits per heavy atom. The second-order valence-corrected chi connectivity index (χ2v) is 2.68. The second-order valence-electron chi connectivity index (χ2n) is 2.68. The molecule has 12 heavy (non-hydrogen) atoms. The van der Waals surface area contributed by atoms with E-state index in [9.17, 15) is 10.2 Å². The summed E-state index contributed by atoms with van der Waals surface area (Å²) in [7, 11) is 0. The lowest BCUT2D eigenvalue weighted by Gasteiger charge is -2.34. The molecule has 1 heterocycles. The maximum atomic E-state index is 9.21. The van der Waals surface area contributed by atoms with Crippen molar-refractivity contribution >= 4 is 0 Å². The van der Waals surface area contributed by atoms with Crippen molar-refractivity contribution in [2.75, 3.05) is 13.2 Å². The summed E-state index contributed by atoms with van der Waals surface area (Å²) in [5.41, 5.74) is 0. The number of aliphatic hydroxyl groups is 3. The molecule has 0 bridgehead atoms. The minimum atomic E-state index is -1.24. The number of ether oxygens (including phenoxy) is 1. The largest absolute Gasteiger partial charge is 0.394 e. The summed E-state index contributed by atoms with van der Waals surface area (Å²) in [5.74, 6) is 0. The number of hydrogen-bond donors (Lipinski definition) is 4. The van der Waals surface area contributed by atoms with Crippen LogP contribution in [0.3, 0.4) is 0 Å². The van der Waals surface area contributed by atoms with Gasteiger partial charge in [-0.05, 0) is 0 Å². The summed E-state index contributed by atoms with van der Waals surface area (Å²) >= 11 is 0. The molecule has 0 aromatic carbocycles. The van der Waals surface area contributed by atoms with Crippen LogP contribution in [0.25, 0.3) is 0 Å². The Balaban J connectivity index is 2.52. The van der Waals surface area contributed by atoms with Crippen LogP contribution in [0.15, 0.2) is 0 Å². The SMILES string of the molecule is OCC1OCC(OO)C(O)C1O. The fraction of sp³-hybridized carbons (Fsp3) is 1.00. The molecule has 6 nitrogen and oxygen atoms in total. The van der Waals surface area contributed by atoms with Crippen molar-refractivity contribution in [3.8, 4) is 0 Å². The first-order valence-corrected chi connectivity index (χ1v) is 3.59. The number of rotatable bonds is 2. The Morgan fingerprint density at radius 3 is 2.50 bits per heavy atom. The van der Waals surface area contributed by atoms with Gasteiger partial charge in [0.25, 0.3) is 0 Å². The molecule has 72 valence electrons. The predicted molar refractivity (Wildman–Crippen MR) is 36.3 cm³/mol. The predicted octanol–water partition coefficient (Wildman–Crippen LogP) is -2.04. The van der Waals surface area contributed by atoms with Gasteiger partial charge < -0.3 is 20.1 Å². The van der Waals surface area contributed by atoms with Crippen LogP contribution in [0.2, 0.25) is 0 Å². The molecule has 0 aromatic heterocycles. The molecule has 0 aliphatic carbocycles. The van der Waals surface area contributed by atoms with E-state index in [0.717, 1.165) is 0 Å². The second kappa shape index (κ2) is 4.13. The first kappa shape index (κ1) is 9.85. The maximum absolute atomic E-state index is 9.21. The molecular weight excluding hydrogens is 168 g/mol. The Morgan fingerprint density at radius 2 is 2.00 bits per heavy atom. The Kier molecular flexibility index (Phi) is 3.39. The molecule has 0 radical (unpaired) electrons. The van der Waals surface area contributed by atoms with Crippen molar-refractivity contribution in [3.63, 3.8) is 0 Å². The van der Waals surface area contributed by atoms with Crippen molar-refractivity contribution in [1.82, 2.24) is 0 Å². The zero-order chi connectivity index (χ0) is 9.14. The summed E-state index contributed by atoms with van der Waals surface area (Å²) in [4.78, 5) is 3.85. The quantitative estimate of drug-likeness (QED) is 0.288. The van der Waals surface area contributed by atoms with Gasteiger partial charge in [0, 0.05) is 0 Å². The standard InChI is InChI=1S/C6H12O6/c7-1-3-5(8)6(9)4(12-10)2-11-3/h3-10H,1-2H2. The summed E-state index contributed by atoms with van der Waals surface area (Å²) in [6.45, 7) is -0.434.